The fourth-order valence-corrected chi connectivity index (χ4v) is 6.63. The van der Waals surface area contributed by atoms with Crippen molar-refractivity contribution in [2.75, 3.05) is 0 Å². The first kappa shape index (κ1) is 21.0. The molecular formula is C36H23N3. The Kier molecular flexibility index (Phi) is 4.17. The van der Waals surface area contributed by atoms with Crippen molar-refractivity contribution in [3.8, 4) is 22.4 Å². The van der Waals surface area contributed by atoms with Gasteiger partial charge in [-0.3, -0.25) is 4.40 Å². The van der Waals surface area contributed by atoms with Gasteiger partial charge in [-0.1, -0.05) is 85.0 Å². The van der Waals surface area contributed by atoms with Crippen LogP contribution in [0, 0.1) is 0 Å². The van der Waals surface area contributed by atoms with Crippen molar-refractivity contribution in [2.24, 2.45) is 0 Å². The largest absolute Gasteiger partial charge is 0.290 e. The quantitative estimate of drug-likeness (QED) is 0.224. The van der Waals surface area contributed by atoms with Crippen molar-refractivity contribution < 1.29 is 0 Å². The minimum absolute atomic E-state index is 0.720. The smallest absolute Gasteiger partial charge is 0.234 e. The standard InChI is InChI=1S/C36H23N3/c1-2-13-32-26(6-1)20-39-21-33(38-36(39)37-32)23-16-14-22(15-17-23)27-18-25-9-5-11-29-28-10-3-7-24-8-4-12-30(34(24)28)31(19-27)35(25)29/h1-9,12-21H,10-11H2. The highest BCUT2D eigenvalue weighted by Crippen LogP contribution is 2.43. The van der Waals surface area contributed by atoms with E-state index in [2.05, 4.69) is 97.4 Å². The predicted molar refractivity (Wildman–Crippen MR) is 162 cm³/mol. The lowest BCUT2D eigenvalue weighted by Gasteiger charge is -2.24. The molecule has 5 aromatic carbocycles. The average Bonchev–Trinajstić information content (AvgIpc) is 3.41. The molecule has 2 aromatic heterocycles. The molecule has 0 unspecified atom stereocenters. The van der Waals surface area contributed by atoms with Crippen molar-refractivity contribution >= 4 is 50.4 Å². The molecule has 2 aliphatic carbocycles. The van der Waals surface area contributed by atoms with E-state index in [1.807, 2.05) is 22.6 Å². The number of allylic oxidation sites excluding steroid dienone is 2. The van der Waals surface area contributed by atoms with Crippen molar-refractivity contribution in [3.05, 3.63) is 126 Å². The fourth-order valence-electron chi connectivity index (χ4n) is 6.63. The second kappa shape index (κ2) is 7.75. The van der Waals surface area contributed by atoms with Crippen molar-refractivity contribution in [1.29, 1.82) is 0 Å². The average molecular weight is 498 g/mol. The summed E-state index contributed by atoms with van der Waals surface area (Å²) >= 11 is 0. The summed E-state index contributed by atoms with van der Waals surface area (Å²) < 4.78 is 2.02. The SMILES string of the molecule is C1=Cc2cccc3c2c(c2c4c(cc(-c5ccc(-c6cn7cc8ccccc8nc7n6)cc5)cc43)C=CC2)C1. The Hall–Kier alpha value is -5.02. The summed E-state index contributed by atoms with van der Waals surface area (Å²) in [6.45, 7) is 0. The number of para-hydroxylation sites is 1. The third-order valence-electron chi connectivity index (χ3n) is 8.42. The summed E-state index contributed by atoms with van der Waals surface area (Å²) in [6, 6.07) is 28.5. The molecule has 39 heavy (non-hydrogen) atoms. The molecule has 0 atom stereocenters. The number of hydrogen-bond donors (Lipinski definition) is 0. The summed E-state index contributed by atoms with van der Waals surface area (Å²) in [7, 11) is 0. The fraction of sp³-hybridized carbons (Fsp3) is 0.0556. The van der Waals surface area contributed by atoms with E-state index in [1.165, 1.54) is 54.9 Å². The van der Waals surface area contributed by atoms with Crippen LogP contribution in [0.15, 0.2) is 103 Å². The van der Waals surface area contributed by atoms with Gasteiger partial charge in [-0.05, 0) is 86.0 Å². The van der Waals surface area contributed by atoms with E-state index in [1.54, 1.807) is 0 Å². The molecule has 3 nitrogen and oxygen atoms in total. The van der Waals surface area contributed by atoms with Crippen LogP contribution in [0.4, 0.5) is 0 Å². The van der Waals surface area contributed by atoms with E-state index in [0.717, 1.165) is 40.8 Å². The number of aromatic nitrogens is 3. The van der Waals surface area contributed by atoms with E-state index in [9.17, 15) is 0 Å². The number of fused-ring (bicyclic) bond motifs is 4. The molecule has 0 aliphatic heterocycles. The Morgan fingerprint density at radius 3 is 2.23 bits per heavy atom. The minimum Gasteiger partial charge on any atom is -0.290 e. The second-order valence-electron chi connectivity index (χ2n) is 10.6. The van der Waals surface area contributed by atoms with E-state index in [0.29, 0.717) is 0 Å². The van der Waals surface area contributed by atoms with E-state index >= 15 is 0 Å². The van der Waals surface area contributed by atoms with Crippen LogP contribution in [0.2, 0.25) is 0 Å². The Bertz CT molecular complexity index is 2160. The van der Waals surface area contributed by atoms with Gasteiger partial charge in [0, 0.05) is 23.3 Å². The van der Waals surface area contributed by atoms with Crippen LogP contribution in [0.1, 0.15) is 22.3 Å². The number of imidazole rings is 1. The van der Waals surface area contributed by atoms with Gasteiger partial charge < -0.3 is 0 Å². The number of rotatable bonds is 2. The number of nitrogens with zero attached hydrogens (tertiary/aromatic N) is 3. The first-order valence-electron chi connectivity index (χ1n) is 13.5. The van der Waals surface area contributed by atoms with Crippen molar-refractivity contribution in [1.82, 2.24) is 14.4 Å². The van der Waals surface area contributed by atoms with E-state index in [-0.39, 0.29) is 0 Å². The molecule has 0 bridgehead atoms. The highest BCUT2D eigenvalue weighted by atomic mass is 15.1. The summed E-state index contributed by atoms with van der Waals surface area (Å²) in [5.74, 6) is 0.720. The summed E-state index contributed by atoms with van der Waals surface area (Å²) in [5, 5.41) is 6.70. The highest BCUT2D eigenvalue weighted by Gasteiger charge is 2.21. The molecule has 0 saturated heterocycles. The Labute approximate surface area is 225 Å². The Morgan fingerprint density at radius 1 is 0.590 bits per heavy atom. The predicted octanol–water partition coefficient (Wildman–Crippen LogP) is 8.66. The van der Waals surface area contributed by atoms with Crippen molar-refractivity contribution in [2.45, 2.75) is 12.8 Å². The van der Waals surface area contributed by atoms with Crippen LogP contribution in [0.3, 0.4) is 0 Å². The zero-order chi connectivity index (χ0) is 25.5. The normalized spacial score (nSPS) is 13.7. The van der Waals surface area contributed by atoms with Crippen LogP contribution in [0.25, 0.3) is 72.8 Å². The summed E-state index contributed by atoms with van der Waals surface area (Å²) in [6.07, 6.45) is 15.4. The van der Waals surface area contributed by atoms with Gasteiger partial charge in [0.2, 0.25) is 5.78 Å². The molecule has 2 heterocycles. The maximum atomic E-state index is 4.82. The topological polar surface area (TPSA) is 30.2 Å². The molecule has 0 radical (unpaired) electrons. The maximum Gasteiger partial charge on any atom is 0.234 e. The molecule has 0 saturated carbocycles. The minimum atomic E-state index is 0.720. The molecule has 0 amide bonds. The van der Waals surface area contributed by atoms with Gasteiger partial charge in [0.05, 0.1) is 11.2 Å². The first-order valence-corrected chi connectivity index (χ1v) is 13.5. The van der Waals surface area contributed by atoms with Gasteiger partial charge in [0.15, 0.2) is 0 Å². The van der Waals surface area contributed by atoms with Gasteiger partial charge in [0.1, 0.15) is 0 Å². The lowest BCUT2D eigenvalue weighted by atomic mass is 9.80. The Balaban J connectivity index is 1.19. The van der Waals surface area contributed by atoms with Gasteiger partial charge in [0.25, 0.3) is 0 Å². The maximum absolute atomic E-state index is 4.82. The van der Waals surface area contributed by atoms with Gasteiger partial charge >= 0.3 is 0 Å². The third kappa shape index (κ3) is 3.04. The molecule has 9 rings (SSSR count). The summed E-state index contributed by atoms with van der Waals surface area (Å²) in [4.78, 5) is 9.56. The number of hydrogen-bond acceptors (Lipinski definition) is 2. The molecule has 0 spiro atoms. The lowest BCUT2D eigenvalue weighted by Crippen LogP contribution is -2.04. The van der Waals surface area contributed by atoms with Crippen LogP contribution < -0.4 is 0 Å². The van der Waals surface area contributed by atoms with Crippen LogP contribution in [0.5, 0.6) is 0 Å². The first-order chi connectivity index (χ1) is 19.3. The molecule has 0 N–H and O–H groups in total. The zero-order valence-electron chi connectivity index (χ0n) is 21.2. The van der Waals surface area contributed by atoms with Crippen LogP contribution in [-0.2, 0) is 12.8 Å². The highest BCUT2D eigenvalue weighted by molar-refractivity contribution is 6.17. The van der Waals surface area contributed by atoms with E-state index in [4.69, 9.17) is 9.97 Å². The molecule has 7 aromatic rings. The zero-order valence-corrected chi connectivity index (χ0v) is 21.2. The molecule has 0 fully saturated rings. The van der Waals surface area contributed by atoms with Gasteiger partial charge in [-0.2, -0.15) is 0 Å². The molecular weight excluding hydrogens is 474 g/mol. The van der Waals surface area contributed by atoms with Crippen molar-refractivity contribution in [3.63, 3.8) is 0 Å². The third-order valence-corrected chi connectivity index (χ3v) is 8.42. The number of benzene rings is 5. The van der Waals surface area contributed by atoms with Crippen LogP contribution in [-0.4, -0.2) is 14.4 Å². The van der Waals surface area contributed by atoms with Gasteiger partial charge in [-0.25, -0.2) is 9.97 Å². The Morgan fingerprint density at radius 2 is 1.36 bits per heavy atom. The lowest BCUT2D eigenvalue weighted by molar-refractivity contribution is 1.14. The monoisotopic (exact) mass is 497 g/mol. The van der Waals surface area contributed by atoms with E-state index < -0.39 is 0 Å². The molecule has 182 valence electrons. The van der Waals surface area contributed by atoms with Gasteiger partial charge in [-0.15, -0.1) is 0 Å². The summed E-state index contributed by atoms with van der Waals surface area (Å²) in [5.41, 5.74) is 11.1. The molecule has 2 aliphatic rings. The second-order valence-corrected chi connectivity index (χ2v) is 10.6. The molecule has 3 heteroatoms. The van der Waals surface area contributed by atoms with Crippen LogP contribution >= 0.6 is 0 Å².